The van der Waals surface area contributed by atoms with Gasteiger partial charge in [0.05, 0.1) is 17.7 Å². The first-order valence-electron chi connectivity index (χ1n) is 19.0. The van der Waals surface area contributed by atoms with E-state index in [0.717, 1.165) is 87.4 Å². The van der Waals surface area contributed by atoms with E-state index in [4.69, 9.17) is 4.74 Å². The van der Waals surface area contributed by atoms with Crippen LogP contribution in [-0.4, -0.2) is 59.9 Å². The van der Waals surface area contributed by atoms with E-state index in [-0.39, 0.29) is 29.3 Å². The van der Waals surface area contributed by atoms with E-state index in [1.165, 1.54) is 0 Å². The number of nitrogens with one attached hydrogen (secondary N) is 1. The zero-order chi connectivity index (χ0) is 35.8. The first kappa shape index (κ1) is 33.6. The number of carbonyl (C=O) groups excluding carboxylic acids is 1. The normalized spacial score (nSPS) is 31.8. The summed E-state index contributed by atoms with van der Waals surface area (Å²) in [6.45, 7) is 0.422. The van der Waals surface area contributed by atoms with Crippen molar-refractivity contribution in [3.63, 3.8) is 0 Å². The second-order valence-electron chi connectivity index (χ2n) is 16.4. The van der Waals surface area contributed by atoms with E-state index in [0.29, 0.717) is 50.1 Å². The highest BCUT2D eigenvalue weighted by Crippen LogP contribution is 2.59. The van der Waals surface area contributed by atoms with Gasteiger partial charge < -0.3 is 20.1 Å². The number of amides is 1. The lowest BCUT2D eigenvalue weighted by Gasteiger charge is -2.59. The maximum Gasteiger partial charge on any atom is 0.434 e. The molecule has 6 saturated carbocycles. The minimum absolute atomic E-state index is 0.0492. The molecule has 1 amide bonds. The summed E-state index contributed by atoms with van der Waals surface area (Å²) >= 11 is 0. The highest BCUT2D eigenvalue weighted by molar-refractivity contribution is 5.99. The molecule has 2 N–H and O–H groups in total. The Hall–Kier alpha value is -4.23. The predicted octanol–water partition coefficient (Wildman–Crippen LogP) is 7.01. The van der Waals surface area contributed by atoms with Gasteiger partial charge in [-0.05, 0) is 118 Å². The molecule has 1 aromatic carbocycles. The fourth-order valence-electron chi connectivity index (χ4n) is 11.3. The molecule has 2 aromatic heterocycles. The molecular formula is C38H44F3N7O4. The van der Waals surface area contributed by atoms with Crippen LogP contribution in [0.1, 0.15) is 118 Å². The van der Waals surface area contributed by atoms with Gasteiger partial charge in [-0.15, -0.1) is 0 Å². The van der Waals surface area contributed by atoms with Crippen molar-refractivity contribution in [1.29, 1.82) is 0 Å². The van der Waals surface area contributed by atoms with Crippen molar-refractivity contribution >= 4 is 23.5 Å². The maximum absolute atomic E-state index is 14.8. The van der Waals surface area contributed by atoms with Gasteiger partial charge in [-0.1, -0.05) is 19.3 Å². The van der Waals surface area contributed by atoms with Crippen LogP contribution in [0, 0.1) is 23.7 Å². The molecule has 14 heteroatoms. The Labute approximate surface area is 299 Å². The van der Waals surface area contributed by atoms with Crippen molar-refractivity contribution in [2.75, 3.05) is 11.4 Å². The molecule has 6 fully saturated rings. The van der Waals surface area contributed by atoms with Crippen molar-refractivity contribution in [3.05, 3.63) is 53.9 Å². The third kappa shape index (κ3) is 5.53. The number of rotatable bonds is 7. The predicted molar refractivity (Wildman–Crippen MR) is 182 cm³/mol. The lowest BCUT2D eigenvalue weighted by Crippen LogP contribution is -2.70. The summed E-state index contributed by atoms with van der Waals surface area (Å²) in [6.07, 6.45) is 11.5. The van der Waals surface area contributed by atoms with Crippen LogP contribution in [0.2, 0.25) is 0 Å². The number of ether oxygens (including phenoxy) is 1. The lowest BCUT2D eigenvalue weighted by atomic mass is 9.48. The lowest BCUT2D eigenvalue weighted by molar-refractivity contribution is -0.163. The number of anilines is 2. The van der Waals surface area contributed by atoms with Gasteiger partial charge in [-0.2, -0.15) is 18.3 Å². The van der Waals surface area contributed by atoms with E-state index in [1.807, 2.05) is 16.8 Å². The number of hydrogen-bond acceptors (Lipinski definition) is 8. The third-order valence-corrected chi connectivity index (χ3v) is 13.5. The average molecular weight is 720 g/mol. The van der Waals surface area contributed by atoms with Gasteiger partial charge in [0.2, 0.25) is 5.95 Å². The van der Waals surface area contributed by atoms with Crippen LogP contribution in [0.25, 0.3) is 0 Å². The summed E-state index contributed by atoms with van der Waals surface area (Å²) in [5.41, 5.74) is -2.21. The third-order valence-electron chi connectivity index (χ3n) is 13.5. The molecule has 52 heavy (non-hydrogen) atoms. The Morgan fingerprint density at radius 1 is 0.962 bits per heavy atom. The van der Waals surface area contributed by atoms with E-state index in [1.54, 1.807) is 17.6 Å². The second kappa shape index (κ2) is 12.4. The van der Waals surface area contributed by atoms with Gasteiger partial charge in [0, 0.05) is 23.8 Å². The van der Waals surface area contributed by atoms with E-state index < -0.39 is 34.8 Å². The van der Waals surface area contributed by atoms with Gasteiger partial charge in [-0.3, -0.25) is 4.79 Å². The first-order chi connectivity index (χ1) is 25.0. The Balaban J connectivity index is 0.996. The summed E-state index contributed by atoms with van der Waals surface area (Å²) in [4.78, 5) is 40.9. The zero-order valence-electron chi connectivity index (χ0n) is 29.0. The van der Waals surface area contributed by atoms with Crippen LogP contribution < -0.4 is 15.0 Å². The van der Waals surface area contributed by atoms with Gasteiger partial charge in [0.15, 0.2) is 5.69 Å². The number of aliphatic carboxylic acids is 1. The summed E-state index contributed by atoms with van der Waals surface area (Å²) in [5.74, 6) is -1.45. The minimum atomic E-state index is -4.97. The Morgan fingerprint density at radius 2 is 1.67 bits per heavy atom. The highest BCUT2D eigenvalue weighted by Gasteiger charge is 2.62. The molecule has 4 bridgehead atoms. The van der Waals surface area contributed by atoms with E-state index in [9.17, 15) is 27.9 Å². The molecule has 0 saturated heterocycles. The number of nitrogens with zero attached hydrogens (tertiary/aromatic N) is 6. The number of alkyl halides is 3. The second-order valence-corrected chi connectivity index (χ2v) is 16.4. The fourth-order valence-corrected chi connectivity index (χ4v) is 11.3. The molecule has 3 heterocycles. The smallest absolute Gasteiger partial charge is 0.434 e. The molecule has 10 rings (SSSR count). The maximum atomic E-state index is 14.8. The number of halogens is 3. The van der Waals surface area contributed by atoms with Gasteiger partial charge >= 0.3 is 12.1 Å². The Kier molecular flexibility index (Phi) is 8.03. The van der Waals surface area contributed by atoms with Crippen LogP contribution in [-0.2, 0) is 16.4 Å². The largest absolute Gasteiger partial charge is 0.490 e. The van der Waals surface area contributed by atoms with Gasteiger partial charge in [0.1, 0.15) is 23.9 Å². The van der Waals surface area contributed by atoms with E-state index in [2.05, 4.69) is 31.4 Å². The number of carbonyl (C=O) groups is 2. The van der Waals surface area contributed by atoms with E-state index >= 15 is 0 Å². The quantitative estimate of drug-likeness (QED) is 0.264. The molecule has 1 aliphatic heterocycles. The first-order valence-corrected chi connectivity index (χ1v) is 19.0. The zero-order valence-corrected chi connectivity index (χ0v) is 29.0. The summed E-state index contributed by atoms with van der Waals surface area (Å²) in [5, 5.41) is 17.4. The van der Waals surface area contributed by atoms with Crippen molar-refractivity contribution in [1.82, 2.24) is 30.0 Å². The number of carboxylic acid groups (broad SMARTS) is 1. The van der Waals surface area contributed by atoms with Crippen LogP contribution in [0.15, 0.2) is 37.1 Å². The number of fused-ring (bicyclic) bond motifs is 2. The highest BCUT2D eigenvalue weighted by atomic mass is 19.4. The minimum Gasteiger partial charge on any atom is -0.490 e. The van der Waals surface area contributed by atoms with Crippen LogP contribution in [0.4, 0.5) is 24.8 Å². The van der Waals surface area contributed by atoms with Crippen LogP contribution >= 0.6 is 0 Å². The number of carboxylic acids is 1. The number of aromatic nitrogens is 5. The van der Waals surface area contributed by atoms with Gasteiger partial charge in [0.25, 0.3) is 5.91 Å². The molecule has 0 atom stereocenters. The van der Waals surface area contributed by atoms with Crippen LogP contribution in [0.3, 0.4) is 0 Å². The SMILES string of the molecule is O=C(NC1(C(=O)O)C2CC3CC(C2)CC1C3)c1cnc(N2CC3(CCCCC3)c3cc(O[C@H]4CC[C@H](n5cncn5)CC4)ccc32)nc1C(F)(F)F. The van der Waals surface area contributed by atoms with Crippen molar-refractivity contribution in [2.24, 2.45) is 23.7 Å². The molecule has 276 valence electrons. The molecule has 0 unspecified atom stereocenters. The topological polar surface area (TPSA) is 135 Å². The molecule has 0 radical (unpaired) electrons. The average Bonchev–Trinajstić information content (AvgIpc) is 3.77. The number of hydrogen-bond donors (Lipinski definition) is 2. The number of benzene rings is 1. The molecule has 11 nitrogen and oxygen atoms in total. The monoisotopic (exact) mass is 719 g/mol. The van der Waals surface area contributed by atoms with Crippen LogP contribution in [0.5, 0.6) is 5.75 Å². The molecule has 3 aromatic rings. The molecule has 1 spiro atoms. The van der Waals surface area contributed by atoms with Crippen molar-refractivity contribution in [2.45, 2.75) is 119 Å². The fraction of sp³-hybridized carbons (Fsp3) is 0.632. The Morgan fingerprint density at radius 3 is 2.31 bits per heavy atom. The summed E-state index contributed by atoms with van der Waals surface area (Å²) < 4.78 is 52.8. The summed E-state index contributed by atoms with van der Waals surface area (Å²) in [6, 6.07) is 6.14. The molecule has 7 aliphatic rings. The van der Waals surface area contributed by atoms with Crippen molar-refractivity contribution < 1.29 is 32.6 Å². The summed E-state index contributed by atoms with van der Waals surface area (Å²) in [7, 11) is 0. The Bertz CT molecular complexity index is 1820. The molecular weight excluding hydrogens is 675 g/mol. The van der Waals surface area contributed by atoms with Crippen molar-refractivity contribution in [3.8, 4) is 5.75 Å². The van der Waals surface area contributed by atoms with Gasteiger partial charge in [-0.25, -0.2) is 24.4 Å². The molecule has 6 aliphatic carbocycles. The standard InChI is InChI=1S/C38H44F3N7O4/c39-38(40,41)32-29(33(49)46-37(34(50)51)24-13-22-12-23(15-24)16-25(37)14-22)18-43-35(45-32)47-19-36(10-2-1-3-11-36)30-17-28(8-9-31(30)47)52-27-6-4-26(5-7-27)48-21-42-20-44-48/h8-9,17-18,20-27H,1-7,10-16,19H2,(H,46,49)(H,50,51)/t22?,23?,24?,25?,26-,27-,37?.